The van der Waals surface area contributed by atoms with Crippen LogP contribution in [0.5, 0.6) is 0 Å². The van der Waals surface area contributed by atoms with Crippen molar-refractivity contribution in [2.75, 3.05) is 0 Å². The van der Waals surface area contributed by atoms with Crippen LogP contribution >= 0.6 is 15.9 Å². The Morgan fingerprint density at radius 2 is 2.11 bits per heavy atom. The number of pyridine rings is 1. The lowest BCUT2D eigenvalue weighted by Gasteiger charge is -2.15. The van der Waals surface area contributed by atoms with Crippen LogP contribution in [-0.4, -0.2) is 19.6 Å². The van der Waals surface area contributed by atoms with E-state index in [1.54, 1.807) is 6.20 Å². The Morgan fingerprint density at radius 1 is 1.28 bits per heavy atom. The lowest BCUT2D eigenvalue weighted by atomic mass is 10.0. The molecule has 0 saturated heterocycles. The number of aryl methyl sites for hydroxylation is 1. The van der Waals surface area contributed by atoms with Gasteiger partial charge in [-0.05, 0) is 47.7 Å². The smallest absolute Gasteiger partial charge is 0.143 e. The fraction of sp³-hybridized carbons (Fsp3) is 0.385. The molecular weight excluding hydrogens is 294 g/mol. The first-order valence-electron chi connectivity index (χ1n) is 6.10. The molecule has 94 valence electrons. The number of hydrogen-bond acceptors (Lipinski definition) is 3. The van der Waals surface area contributed by atoms with E-state index in [4.69, 9.17) is 0 Å². The molecule has 0 aromatic carbocycles. The minimum absolute atomic E-state index is 0.0191. The number of rotatable bonds is 2. The van der Waals surface area contributed by atoms with Crippen molar-refractivity contribution in [3.8, 4) is 5.82 Å². The number of nitrogens with zero attached hydrogens (tertiary/aromatic N) is 3. The van der Waals surface area contributed by atoms with E-state index >= 15 is 0 Å². The van der Waals surface area contributed by atoms with Gasteiger partial charge in [0.2, 0.25) is 0 Å². The summed E-state index contributed by atoms with van der Waals surface area (Å²) in [7, 11) is 0. The van der Waals surface area contributed by atoms with Crippen LogP contribution in [0.25, 0.3) is 5.82 Å². The molecule has 4 nitrogen and oxygen atoms in total. The fourth-order valence-electron chi connectivity index (χ4n) is 2.46. The molecule has 2 heterocycles. The van der Waals surface area contributed by atoms with E-state index in [9.17, 15) is 5.11 Å². The summed E-state index contributed by atoms with van der Waals surface area (Å²) in [5.74, 6) is 0.788. The molecule has 0 amide bonds. The lowest BCUT2D eigenvalue weighted by Crippen LogP contribution is -2.09. The van der Waals surface area contributed by atoms with Crippen LogP contribution in [-0.2, 0) is 19.4 Å². The van der Waals surface area contributed by atoms with Crippen LogP contribution in [0.15, 0.2) is 23.1 Å². The first-order valence-corrected chi connectivity index (χ1v) is 6.89. The molecule has 1 aliphatic carbocycles. The van der Waals surface area contributed by atoms with Gasteiger partial charge in [-0.1, -0.05) is 0 Å². The second-order valence-corrected chi connectivity index (χ2v) is 5.43. The van der Waals surface area contributed by atoms with Crippen molar-refractivity contribution in [3.05, 3.63) is 40.0 Å². The largest absolute Gasteiger partial charge is 0.392 e. The van der Waals surface area contributed by atoms with E-state index in [1.807, 2.05) is 17.0 Å². The summed E-state index contributed by atoms with van der Waals surface area (Å²) in [5, 5.41) is 9.45. The molecule has 5 heteroatoms. The molecule has 0 atom stereocenters. The number of hydrogen-bond donors (Lipinski definition) is 1. The van der Waals surface area contributed by atoms with Crippen molar-refractivity contribution < 1.29 is 5.11 Å². The van der Waals surface area contributed by atoms with E-state index in [-0.39, 0.29) is 6.61 Å². The van der Waals surface area contributed by atoms with Gasteiger partial charge >= 0.3 is 0 Å². The van der Waals surface area contributed by atoms with E-state index in [2.05, 4.69) is 25.9 Å². The molecule has 0 spiro atoms. The third-order valence-electron chi connectivity index (χ3n) is 3.34. The molecule has 2 aromatic heterocycles. The van der Waals surface area contributed by atoms with Gasteiger partial charge in [-0.25, -0.2) is 9.97 Å². The summed E-state index contributed by atoms with van der Waals surface area (Å²) < 4.78 is 2.90. The number of aromatic nitrogens is 3. The van der Waals surface area contributed by atoms with E-state index in [0.29, 0.717) is 0 Å². The standard InChI is InChI=1S/C13H14BrN3O/c14-10-5-9(7-18)13(15-6-10)17-8-16-11-3-1-2-4-12(11)17/h5-6,8,18H,1-4,7H2. The molecule has 0 unspecified atom stereocenters. The molecular formula is C13H14BrN3O. The Kier molecular flexibility index (Phi) is 3.18. The van der Waals surface area contributed by atoms with Gasteiger partial charge in [0.05, 0.1) is 12.3 Å². The maximum atomic E-state index is 9.45. The Morgan fingerprint density at radius 3 is 2.94 bits per heavy atom. The van der Waals surface area contributed by atoms with Crippen LogP contribution in [0.2, 0.25) is 0 Å². The van der Waals surface area contributed by atoms with Crippen molar-refractivity contribution in [1.82, 2.24) is 14.5 Å². The van der Waals surface area contributed by atoms with E-state index in [1.165, 1.54) is 24.2 Å². The highest BCUT2D eigenvalue weighted by Gasteiger charge is 2.18. The Balaban J connectivity index is 2.12. The average molecular weight is 308 g/mol. The van der Waals surface area contributed by atoms with E-state index < -0.39 is 0 Å². The van der Waals surface area contributed by atoms with Gasteiger partial charge in [0.15, 0.2) is 0 Å². The van der Waals surface area contributed by atoms with Crippen molar-refractivity contribution in [1.29, 1.82) is 0 Å². The third-order valence-corrected chi connectivity index (χ3v) is 3.77. The third kappa shape index (κ3) is 1.97. The number of fused-ring (bicyclic) bond motifs is 1. The summed E-state index contributed by atoms with van der Waals surface area (Å²) >= 11 is 3.38. The predicted molar refractivity (Wildman–Crippen MR) is 71.6 cm³/mol. The molecule has 0 aliphatic heterocycles. The summed E-state index contributed by atoms with van der Waals surface area (Å²) in [4.78, 5) is 8.88. The van der Waals surface area contributed by atoms with Crippen LogP contribution in [0.1, 0.15) is 29.8 Å². The number of imidazole rings is 1. The predicted octanol–water partition coefficient (Wildman–Crippen LogP) is 2.40. The summed E-state index contributed by atoms with van der Waals surface area (Å²) in [6.45, 7) is -0.0191. The molecule has 0 radical (unpaired) electrons. The SMILES string of the molecule is OCc1cc(Br)cnc1-n1cnc2c1CCCC2. The maximum absolute atomic E-state index is 9.45. The van der Waals surface area contributed by atoms with Crippen LogP contribution in [0, 0.1) is 0 Å². The number of aliphatic hydroxyl groups excluding tert-OH is 1. The number of aliphatic hydroxyl groups is 1. The highest BCUT2D eigenvalue weighted by atomic mass is 79.9. The van der Waals surface area contributed by atoms with Crippen LogP contribution < -0.4 is 0 Å². The number of halogens is 1. The summed E-state index contributed by atoms with van der Waals surface area (Å²) in [5.41, 5.74) is 3.23. The lowest BCUT2D eigenvalue weighted by molar-refractivity contribution is 0.281. The summed E-state index contributed by atoms with van der Waals surface area (Å²) in [6.07, 6.45) is 8.08. The topological polar surface area (TPSA) is 50.9 Å². The molecule has 0 bridgehead atoms. The first-order chi connectivity index (χ1) is 8.79. The van der Waals surface area contributed by atoms with Crippen LogP contribution in [0.3, 0.4) is 0 Å². The maximum Gasteiger partial charge on any atom is 0.143 e. The molecule has 2 aromatic rings. The van der Waals surface area contributed by atoms with Gasteiger partial charge in [0, 0.05) is 21.9 Å². The zero-order valence-corrected chi connectivity index (χ0v) is 11.5. The zero-order chi connectivity index (χ0) is 12.5. The highest BCUT2D eigenvalue weighted by Crippen LogP contribution is 2.25. The highest BCUT2D eigenvalue weighted by molar-refractivity contribution is 9.10. The van der Waals surface area contributed by atoms with Crippen LogP contribution in [0.4, 0.5) is 0 Å². The fourth-order valence-corrected chi connectivity index (χ4v) is 2.84. The second-order valence-electron chi connectivity index (χ2n) is 4.51. The van der Waals surface area contributed by atoms with Crippen molar-refractivity contribution in [2.24, 2.45) is 0 Å². The van der Waals surface area contributed by atoms with Crippen molar-refractivity contribution >= 4 is 15.9 Å². The molecule has 0 saturated carbocycles. The Labute approximate surface area is 114 Å². The van der Waals surface area contributed by atoms with E-state index in [0.717, 1.165) is 28.7 Å². The van der Waals surface area contributed by atoms with Gasteiger partial charge in [-0.15, -0.1) is 0 Å². The van der Waals surface area contributed by atoms with Gasteiger partial charge < -0.3 is 5.11 Å². The van der Waals surface area contributed by atoms with Gasteiger partial charge in [-0.3, -0.25) is 4.57 Å². The monoisotopic (exact) mass is 307 g/mol. The quantitative estimate of drug-likeness (QED) is 0.927. The van der Waals surface area contributed by atoms with Gasteiger partial charge in [0.1, 0.15) is 12.1 Å². The molecule has 0 fully saturated rings. The average Bonchev–Trinajstić information content (AvgIpc) is 2.82. The normalized spacial score (nSPS) is 14.6. The molecule has 18 heavy (non-hydrogen) atoms. The van der Waals surface area contributed by atoms with Gasteiger partial charge in [0.25, 0.3) is 0 Å². The first kappa shape index (κ1) is 11.9. The Bertz CT molecular complexity index is 580. The van der Waals surface area contributed by atoms with Gasteiger partial charge in [-0.2, -0.15) is 0 Å². The summed E-state index contributed by atoms with van der Waals surface area (Å²) in [6, 6.07) is 1.90. The van der Waals surface area contributed by atoms with Crippen molar-refractivity contribution in [2.45, 2.75) is 32.3 Å². The molecule has 3 rings (SSSR count). The second kappa shape index (κ2) is 4.82. The minimum atomic E-state index is -0.0191. The zero-order valence-electron chi connectivity index (χ0n) is 9.93. The Hall–Kier alpha value is -1.20. The van der Waals surface area contributed by atoms with Crippen molar-refractivity contribution in [3.63, 3.8) is 0 Å². The molecule has 1 aliphatic rings. The minimum Gasteiger partial charge on any atom is -0.392 e. The molecule has 1 N–H and O–H groups in total.